The summed E-state index contributed by atoms with van der Waals surface area (Å²) < 4.78 is 32.1. The topological polar surface area (TPSA) is 70.4 Å². The van der Waals surface area contributed by atoms with Gasteiger partial charge in [-0.15, -0.1) is 0 Å². The molecule has 160 valence electrons. The molecule has 30 heavy (non-hydrogen) atoms. The Morgan fingerprint density at radius 2 is 2.20 bits per heavy atom. The minimum absolute atomic E-state index is 0.127. The molecule has 0 amide bonds. The average Bonchev–Trinajstić information content (AvgIpc) is 3.12. The van der Waals surface area contributed by atoms with Crippen molar-refractivity contribution in [2.75, 3.05) is 24.5 Å². The van der Waals surface area contributed by atoms with Crippen LogP contribution in [0.2, 0.25) is 0 Å². The Hall–Kier alpha value is -1.52. The number of halogens is 2. The Bertz CT molecular complexity index is 1060. The van der Waals surface area contributed by atoms with Crippen molar-refractivity contribution in [2.24, 2.45) is 0 Å². The zero-order valence-corrected chi connectivity index (χ0v) is 19.3. The van der Waals surface area contributed by atoms with Gasteiger partial charge in [0, 0.05) is 0 Å². The number of imidazole rings is 1. The minimum atomic E-state index is -2.56. The number of rotatable bonds is 6. The molecular formula is C19H23F2N7SSe. The number of hydrogen-bond acceptors (Lipinski definition) is 7. The third-order valence-electron chi connectivity index (χ3n) is 5.53. The summed E-state index contributed by atoms with van der Waals surface area (Å²) in [6.45, 7) is 7.09. The number of piperazine rings is 1. The van der Waals surface area contributed by atoms with Crippen LogP contribution in [0.4, 0.5) is 14.5 Å². The number of pyridine rings is 1. The van der Waals surface area contributed by atoms with E-state index < -0.39 is 20.9 Å². The first kappa shape index (κ1) is 20.4. The molecular weight excluding hydrogens is 475 g/mol. The van der Waals surface area contributed by atoms with Gasteiger partial charge in [0.1, 0.15) is 0 Å². The van der Waals surface area contributed by atoms with Crippen LogP contribution in [0, 0.1) is 0 Å². The standard InChI is InChI=1S/C19H23F2N7SSe/c1-11-9-27(6-5-22-11)13-7-12(29-26-19(2)3-4-19)10-28-14(8-23-16(13)28)17-24-25-18(30-17)15(20)21/h7-8,10-11,15,22,26H,3-6,9H2,1-2H3. The molecule has 1 saturated heterocycles. The van der Waals surface area contributed by atoms with Gasteiger partial charge in [0.25, 0.3) is 0 Å². The van der Waals surface area contributed by atoms with E-state index in [1.54, 1.807) is 18.1 Å². The van der Waals surface area contributed by atoms with Crippen LogP contribution >= 0.6 is 11.9 Å². The van der Waals surface area contributed by atoms with E-state index in [1.165, 1.54) is 12.8 Å². The van der Waals surface area contributed by atoms with Crippen molar-refractivity contribution in [1.82, 2.24) is 29.6 Å². The van der Waals surface area contributed by atoms with E-state index in [0.717, 1.165) is 41.6 Å². The molecule has 2 N–H and O–H groups in total. The van der Waals surface area contributed by atoms with Gasteiger partial charge in [-0.1, -0.05) is 0 Å². The third kappa shape index (κ3) is 4.01. The van der Waals surface area contributed by atoms with E-state index in [4.69, 9.17) is 0 Å². The van der Waals surface area contributed by atoms with E-state index in [1.807, 2.05) is 10.6 Å². The zero-order chi connectivity index (χ0) is 20.9. The Labute approximate surface area is 183 Å². The molecule has 0 bridgehead atoms. The molecule has 5 rings (SSSR count). The summed E-state index contributed by atoms with van der Waals surface area (Å²) in [5.74, 6) is 0. The monoisotopic (exact) mass is 499 g/mol. The van der Waals surface area contributed by atoms with Gasteiger partial charge in [-0.3, -0.25) is 0 Å². The van der Waals surface area contributed by atoms with Crippen LogP contribution in [0.15, 0.2) is 23.4 Å². The summed E-state index contributed by atoms with van der Waals surface area (Å²) in [6, 6.07) is 2.56. The molecule has 4 heterocycles. The van der Waals surface area contributed by atoms with Gasteiger partial charge in [0.05, 0.1) is 0 Å². The first-order valence-electron chi connectivity index (χ1n) is 9.97. The molecule has 2 fully saturated rings. The molecule has 1 atom stereocenters. The Kier molecular flexibility index (Phi) is 5.35. The normalized spacial score (nSPS) is 21.0. The second kappa shape index (κ2) is 7.87. The first-order chi connectivity index (χ1) is 14.4. The van der Waals surface area contributed by atoms with Crippen LogP contribution in [0.1, 0.15) is 37.7 Å². The van der Waals surface area contributed by atoms with Gasteiger partial charge >= 0.3 is 184 Å². The van der Waals surface area contributed by atoms with Crippen LogP contribution < -0.4 is 14.9 Å². The van der Waals surface area contributed by atoms with E-state index in [-0.39, 0.29) is 10.1 Å². The van der Waals surface area contributed by atoms with E-state index in [0.29, 0.717) is 10.6 Å². The summed E-state index contributed by atoms with van der Waals surface area (Å²) in [5, 5.41) is 11.2. The Morgan fingerprint density at radius 3 is 2.90 bits per heavy atom. The Morgan fingerprint density at radius 1 is 1.37 bits per heavy atom. The third-order valence-corrected chi connectivity index (χ3v) is 8.59. The van der Waals surface area contributed by atoms with E-state index in [2.05, 4.69) is 50.0 Å². The van der Waals surface area contributed by atoms with Crippen molar-refractivity contribution in [2.45, 2.75) is 49.6 Å². The van der Waals surface area contributed by atoms with Crippen LogP contribution in [0.25, 0.3) is 15.9 Å². The molecule has 7 nitrogen and oxygen atoms in total. The maximum atomic E-state index is 13.1. The number of nitrogens with zero attached hydrogens (tertiary/aromatic N) is 5. The van der Waals surface area contributed by atoms with Crippen LogP contribution in [0.3, 0.4) is 0 Å². The predicted molar refractivity (Wildman–Crippen MR) is 114 cm³/mol. The maximum absolute atomic E-state index is 13.1. The summed E-state index contributed by atoms with van der Waals surface area (Å²) in [4.78, 5) is 8.07. The second-order valence-corrected chi connectivity index (χ2v) is 11.2. The quantitative estimate of drug-likeness (QED) is 0.400. The SMILES string of the molecule is CC1CN(c2cc(SNC3(C)CC3)cn3c(-c4nnc(C(F)F)[se]4)cnc23)CCN1. The molecule has 1 aliphatic carbocycles. The summed E-state index contributed by atoms with van der Waals surface area (Å²) in [7, 11) is 0. The van der Waals surface area contributed by atoms with Gasteiger partial charge in [-0.2, -0.15) is 0 Å². The fraction of sp³-hybridized carbons (Fsp3) is 0.526. The van der Waals surface area contributed by atoms with Crippen molar-refractivity contribution in [3.63, 3.8) is 0 Å². The number of nitrogens with one attached hydrogen (secondary N) is 2. The number of anilines is 1. The zero-order valence-electron chi connectivity index (χ0n) is 16.7. The number of fused-ring (bicyclic) bond motifs is 1. The van der Waals surface area contributed by atoms with Crippen molar-refractivity contribution >= 4 is 37.8 Å². The van der Waals surface area contributed by atoms with Crippen LogP contribution in [0.5, 0.6) is 0 Å². The average molecular weight is 498 g/mol. The fourth-order valence-corrected chi connectivity index (χ4v) is 5.92. The summed E-state index contributed by atoms with van der Waals surface area (Å²) >= 11 is 1.03. The predicted octanol–water partition coefficient (Wildman–Crippen LogP) is 2.73. The van der Waals surface area contributed by atoms with Crippen molar-refractivity contribution in [1.29, 1.82) is 0 Å². The van der Waals surface area contributed by atoms with Gasteiger partial charge in [0.15, 0.2) is 0 Å². The van der Waals surface area contributed by atoms with E-state index in [9.17, 15) is 8.78 Å². The molecule has 3 aromatic rings. The van der Waals surface area contributed by atoms with Gasteiger partial charge in [-0.05, 0) is 0 Å². The van der Waals surface area contributed by atoms with Gasteiger partial charge in [0.2, 0.25) is 0 Å². The molecule has 1 saturated carbocycles. The molecule has 2 aliphatic rings. The molecule has 1 aliphatic heterocycles. The number of alkyl halides is 2. The summed E-state index contributed by atoms with van der Waals surface area (Å²) in [5.41, 5.74) is 2.82. The van der Waals surface area contributed by atoms with Crippen molar-refractivity contribution < 1.29 is 8.78 Å². The summed E-state index contributed by atoms with van der Waals surface area (Å²) in [6.07, 6.45) is 3.55. The van der Waals surface area contributed by atoms with Crippen molar-refractivity contribution in [3.8, 4) is 10.3 Å². The van der Waals surface area contributed by atoms with Gasteiger partial charge in [-0.25, -0.2) is 0 Å². The van der Waals surface area contributed by atoms with Gasteiger partial charge < -0.3 is 0 Å². The Balaban J connectivity index is 1.57. The van der Waals surface area contributed by atoms with E-state index >= 15 is 0 Å². The number of aromatic nitrogens is 4. The molecule has 1 unspecified atom stereocenters. The molecule has 0 spiro atoms. The fourth-order valence-electron chi connectivity index (χ4n) is 3.54. The molecule has 11 heteroatoms. The first-order valence-corrected chi connectivity index (χ1v) is 12.5. The molecule has 0 radical (unpaired) electrons. The molecule has 3 aromatic heterocycles. The van der Waals surface area contributed by atoms with Crippen LogP contribution in [-0.4, -0.2) is 65.3 Å². The van der Waals surface area contributed by atoms with Crippen LogP contribution in [-0.2, 0) is 0 Å². The number of hydrogen-bond donors (Lipinski definition) is 2. The van der Waals surface area contributed by atoms with Crippen molar-refractivity contribution in [3.05, 3.63) is 23.0 Å². The second-order valence-electron chi connectivity index (χ2n) is 8.21. The molecule has 0 aromatic carbocycles.